The molecular weight excluding hydrogens is 386 g/mol. The van der Waals surface area contributed by atoms with Crippen LogP contribution in [0.4, 0.5) is 5.69 Å². The SMILES string of the molecule is CCCCNc1cc(-c2ccc(OC)cc2)[o+]c2ccccc12.[O-][Cl+3]([O-])([O-])[O-]. The maximum Gasteiger partial charge on any atom is 0.362 e. The number of unbranched alkanes of at least 4 members (excludes halogenated alkanes) is 1. The number of rotatable bonds is 6. The van der Waals surface area contributed by atoms with Gasteiger partial charge in [-0.2, -0.15) is 0 Å². The smallest absolute Gasteiger partial charge is 0.362 e. The molecule has 8 heteroatoms. The summed E-state index contributed by atoms with van der Waals surface area (Å²) in [5.74, 6) is 1.70. The van der Waals surface area contributed by atoms with Crippen LogP contribution in [0.5, 0.6) is 5.75 Å². The van der Waals surface area contributed by atoms with E-state index in [2.05, 4.69) is 24.4 Å². The number of fused-ring (bicyclic) bond motifs is 1. The molecule has 0 unspecified atom stereocenters. The van der Waals surface area contributed by atoms with E-state index in [1.165, 1.54) is 6.42 Å². The largest absolute Gasteiger partial charge is 0.497 e. The Labute approximate surface area is 165 Å². The Hall–Kier alpha value is -2.42. The molecule has 3 aromatic rings. The van der Waals surface area contributed by atoms with Gasteiger partial charge in [-0.25, -0.2) is 23.1 Å². The van der Waals surface area contributed by atoms with E-state index in [0.29, 0.717) is 0 Å². The second-order valence-electron chi connectivity index (χ2n) is 5.91. The van der Waals surface area contributed by atoms with Crippen LogP contribution in [0.25, 0.3) is 22.3 Å². The lowest BCUT2D eigenvalue weighted by Crippen LogP contribution is -2.68. The standard InChI is InChI=1S/C20H22NO2.ClHO4/c1-3-4-13-21-18-14-20(15-9-11-16(22-2)12-10-15)23-19-8-6-5-7-17(18)19;2-1(3,4)5/h5-12,14,21H,3-4,13H2,1-2H3;(H,2,3,4,5)/q+1;/p-1. The normalized spacial score (nSPS) is 10.9. The Balaban J connectivity index is 0.000000500. The lowest BCUT2D eigenvalue weighted by Gasteiger charge is -2.17. The fourth-order valence-corrected chi connectivity index (χ4v) is 2.58. The van der Waals surface area contributed by atoms with Crippen molar-refractivity contribution >= 4 is 16.7 Å². The van der Waals surface area contributed by atoms with Crippen molar-refractivity contribution < 1.29 is 38.0 Å². The molecule has 0 aliphatic rings. The molecule has 0 atom stereocenters. The first-order valence-electron chi connectivity index (χ1n) is 8.67. The molecule has 150 valence electrons. The second kappa shape index (κ2) is 10.2. The van der Waals surface area contributed by atoms with Crippen LogP contribution in [0.3, 0.4) is 0 Å². The highest BCUT2D eigenvalue weighted by molar-refractivity contribution is 5.91. The summed E-state index contributed by atoms with van der Waals surface area (Å²) in [6.45, 7) is 3.16. The Bertz CT molecular complexity index is 874. The molecule has 1 N–H and O–H groups in total. The van der Waals surface area contributed by atoms with Crippen LogP contribution in [-0.4, -0.2) is 13.7 Å². The monoisotopic (exact) mass is 407 g/mol. The topological polar surface area (TPSA) is 125 Å². The zero-order chi connectivity index (χ0) is 20.6. The fourth-order valence-electron chi connectivity index (χ4n) is 2.58. The highest BCUT2D eigenvalue weighted by atomic mass is 35.7. The average Bonchev–Trinajstić information content (AvgIpc) is 2.67. The van der Waals surface area contributed by atoms with Crippen LogP contribution in [0.2, 0.25) is 0 Å². The summed E-state index contributed by atoms with van der Waals surface area (Å²) in [5, 5.41) is 4.65. The van der Waals surface area contributed by atoms with Gasteiger partial charge in [0.2, 0.25) is 0 Å². The van der Waals surface area contributed by atoms with Crippen LogP contribution in [-0.2, 0) is 0 Å². The first kappa shape index (κ1) is 21.9. The van der Waals surface area contributed by atoms with Crippen molar-refractivity contribution in [2.45, 2.75) is 19.8 Å². The van der Waals surface area contributed by atoms with E-state index in [0.717, 1.165) is 46.7 Å². The van der Waals surface area contributed by atoms with Crippen LogP contribution in [0.1, 0.15) is 19.8 Å². The van der Waals surface area contributed by atoms with Crippen molar-refractivity contribution in [3.63, 3.8) is 0 Å². The van der Waals surface area contributed by atoms with Crippen LogP contribution >= 0.6 is 0 Å². The minimum atomic E-state index is -4.94. The molecule has 0 spiro atoms. The van der Waals surface area contributed by atoms with Crippen molar-refractivity contribution in [2.75, 3.05) is 19.0 Å². The number of para-hydroxylation sites is 1. The zero-order valence-corrected chi connectivity index (χ0v) is 16.4. The van der Waals surface area contributed by atoms with E-state index < -0.39 is 10.2 Å². The van der Waals surface area contributed by atoms with E-state index in [9.17, 15) is 0 Å². The fraction of sp³-hybridized carbons (Fsp3) is 0.250. The molecule has 0 fully saturated rings. The molecule has 0 amide bonds. The van der Waals surface area contributed by atoms with Gasteiger partial charge in [0.15, 0.2) is 0 Å². The number of benzene rings is 2. The molecule has 0 aliphatic heterocycles. The molecule has 3 rings (SSSR count). The lowest BCUT2D eigenvalue weighted by atomic mass is 10.1. The first-order chi connectivity index (χ1) is 13.3. The van der Waals surface area contributed by atoms with Crippen LogP contribution < -0.4 is 28.7 Å². The number of hydrogen-bond acceptors (Lipinski definition) is 6. The van der Waals surface area contributed by atoms with Gasteiger partial charge in [-0.05, 0) is 36.8 Å². The number of hydrogen-bond donors (Lipinski definition) is 1. The molecule has 0 saturated heterocycles. The summed E-state index contributed by atoms with van der Waals surface area (Å²) in [7, 11) is -3.27. The van der Waals surface area contributed by atoms with Crippen LogP contribution in [0.15, 0.2) is 59.0 Å². The minimum Gasteiger partial charge on any atom is -0.497 e. The Kier molecular flexibility index (Phi) is 7.98. The summed E-state index contributed by atoms with van der Waals surface area (Å²) >= 11 is 0. The number of halogens is 1. The molecule has 0 bridgehead atoms. The van der Waals surface area contributed by atoms with Crippen molar-refractivity contribution in [3.05, 3.63) is 54.6 Å². The van der Waals surface area contributed by atoms with E-state index in [-0.39, 0.29) is 0 Å². The number of anilines is 1. The first-order valence-corrected chi connectivity index (χ1v) is 9.91. The molecule has 0 radical (unpaired) electrons. The van der Waals surface area contributed by atoms with Crippen molar-refractivity contribution in [1.29, 1.82) is 0 Å². The maximum absolute atomic E-state index is 8.49. The van der Waals surface area contributed by atoms with Gasteiger partial charge in [0.1, 0.15) is 11.1 Å². The number of ether oxygens (including phenoxy) is 1. The Morgan fingerprint density at radius 1 is 1.00 bits per heavy atom. The van der Waals surface area contributed by atoms with Gasteiger partial charge in [-0.3, -0.25) is 0 Å². The van der Waals surface area contributed by atoms with E-state index >= 15 is 0 Å². The molecular formula is C20H22ClNO6. The van der Waals surface area contributed by atoms with E-state index in [4.69, 9.17) is 27.8 Å². The van der Waals surface area contributed by atoms with Gasteiger partial charge in [0.05, 0.1) is 24.4 Å². The summed E-state index contributed by atoms with van der Waals surface area (Å²) in [4.78, 5) is 0. The van der Waals surface area contributed by atoms with Gasteiger partial charge < -0.3 is 10.1 Å². The van der Waals surface area contributed by atoms with Crippen molar-refractivity contribution in [3.8, 4) is 17.1 Å². The second-order valence-corrected chi connectivity index (χ2v) is 6.66. The summed E-state index contributed by atoms with van der Waals surface area (Å²) in [6.07, 6.45) is 2.33. The predicted octanol–water partition coefficient (Wildman–Crippen LogP) is 0.846. The van der Waals surface area contributed by atoms with Crippen molar-refractivity contribution in [2.24, 2.45) is 0 Å². The minimum absolute atomic E-state index is 0.843. The van der Waals surface area contributed by atoms with Gasteiger partial charge in [0.25, 0.3) is 0 Å². The summed E-state index contributed by atoms with van der Waals surface area (Å²) < 4.78 is 45.3. The molecule has 2 aromatic carbocycles. The Morgan fingerprint density at radius 2 is 1.64 bits per heavy atom. The molecule has 1 aromatic heterocycles. The summed E-state index contributed by atoms with van der Waals surface area (Å²) in [6, 6.07) is 18.1. The molecule has 7 nitrogen and oxygen atoms in total. The van der Waals surface area contributed by atoms with Gasteiger partial charge >= 0.3 is 11.3 Å². The average molecular weight is 408 g/mol. The molecule has 0 aliphatic carbocycles. The number of nitrogens with one attached hydrogen (secondary N) is 1. The highest BCUT2D eigenvalue weighted by Gasteiger charge is 2.18. The number of methoxy groups -OCH3 is 1. The maximum atomic E-state index is 8.49. The van der Waals surface area contributed by atoms with Crippen molar-refractivity contribution in [1.82, 2.24) is 0 Å². The zero-order valence-electron chi connectivity index (χ0n) is 15.6. The Morgan fingerprint density at radius 3 is 2.25 bits per heavy atom. The van der Waals surface area contributed by atoms with Gasteiger partial charge in [-0.1, -0.05) is 25.5 Å². The predicted molar refractivity (Wildman–Crippen MR) is 96.0 cm³/mol. The van der Waals surface area contributed by atoms with Gasteiger partial charge in [-0.15, -0.1) is 10.2 Å². The third-order valence-corrected chi connectivity index (χ3v) is 3.89. The molecule has 0 saturated carbocycles. The molecule has 28 heavy (non-hydrogen) atoms. The highest BCUT2D eigenvalue weighted by Crippen LogP contribution is 2.31. The third-order valence-electron chi connectivity index (χ3n) is 3.89. The van der Waals surface area contributed by atoms with E-state index in [1.54, 1.807) is 7.11 Å². The van der Waals surface area contributed by atoms with Crippen LogP contribution in [0, 0.1) is 10.2 Å². The van der Waals surface area contributed by atoms with Gasteiger partial charge in [0, 0.05) is 12.6 Å². The lowest BCUT2D eigenvalue weighted by molar-refractivity contribution is -2.00. The summed E-state index contributed by atoms with van der Waals surface area (Å²) in [5.41, 5.74) is 3.04. The quantitative estimate of drug-likeness (QED) is 0.474. The molecule has 1 heterocycles. The third kappa shape index (κ3) is 6.95. The van der Waals surface area contributed by atoms with E-state index in [1.807, 2.05) is 42.5 Å².